The highest BCUT2D eigenvalue weighted by Gasteiger charge is 2.22. The first-order valence-corrected chi connectivity index (χ1v) is 10.2. The number of anilines is 2. The van der Waals surface area contributed by atoms with Crippen LogP contribution in [-0.4, -0.2) is 57.2 Å². The fourth-order valence-corrected chi connectivity index (χ4v) is 3.84. The molecule has 8 nitrogen and oxygen atoms in total. The van der Waals surface area contributed by atoms with Gasteiger partial charge >= 0.3 is 6.09 Å². The second-order valence-corrected chi connectivity index (χ2v) is 7.68. The van der Waals surface area contributed by atoms with E-state index in [0.29, 0.717) is 38.5 Å². The molecule has 0 spiro atoms. The minimum atomic E-state index is -3.64. The maximum Gasteiger partial charge on any atom is 0.409 e. The van der Waals surface area contributed by atoms with Gasteiger partial charge in [0.15, 0.2) is 0 Å². The number of hydrogen-bond acceptors (Lipinski definition) is 6. The van der Waals surface area contributed by atoms with E-state index in [-0.39, 0.29) is 11.0 Å². The van der Waals surface area contributed by atoms with Gasteiger partial charge in [0.25, 0.3) is 10.0 Å². The Labute approximate surface area is 158 Å². The van der Waals surface area contributed by atoms with E-state index in [4.69, 9.17) is 4.74 Å². The molecule has 9 heteroatoms. The number of pyridine rings is 1. The Kier molecular flexibility index (Phi) is 5.80. The number of nitrogens with one attached hydrogen (secondary N) is 1. The number of hydrogen-bond donors (Lipinski definition) is 1. The average Bonchev–Trinajstić information content (AvgIpc) is 2.69. The topological polar surface area (TPSA) is 91.8 Å². The smallest absolute Gasteiger partial charge is 0.409 e. The van der Waals surface area contributed by atoms with Gasteiger partial charge in [0.2, 0.25) is 0 Å². The fraction of sp³-hybridized carbons (Fsp3) is 0.333. The summed E-state index contributed by atoms with van der Waals surface area (Å²) in [6.07, 6.45) is 1.20. The number of nitrogens with zero attached hydrogens (tertiary/aromatic N) is 3. The molecule has 1 fully saturated rings. The summed E-state index contributed by atoms with van der Waals surface area (Å²) in [4.78, 5) is 20.0. The molecule has 0 aliphatic carbocycles. The lowest BCUT2D eigenvalue weighted by atomic mass is 10.3. The summed E-state index contributed by atoms with van der Waals surface area (Å²) >= 11 is 0. The summed E-state index contributed by atoms with van der Waals surface area (Å²) in [5.41, 5.74) is 0.396. The van der Waals surface area contributed by atoms with Crippen LogP contribution < -0.4 is 9.62 Å². The monoisotopic (exact) mass is 390 g/mol. The van der Waals surface area contributed by atoms with Crippen molar-refractivity contribution in [3.8, 4) is 0 Å². The van der Waals surface area contributed by atoms with Crippen LogP contribution in [0.4, 0.5) is 16.3 Å². The van der Waals surface area contributed by atoms with Crippen molar-refractivity contribution < 1.29 is 17.9 Å². The van der Waals surface area contributed by atoms with E-state index >= 15 is 0 Å². The van der Waals surface area contributed by atoms with Gasteiger partial charge in [-0.15, -0.1) is 0 Å². The number of carbonyl (C=O) groups excluding carboxylic acids is 1. The standard InChI is InChI=1S/C18H22N4O4S/c1-2-26-18(23)22-12-10-21(11-13-22)17-9-8-15(14-19-17)20-27(24,25)16-6-4-3-5-7-16/h3-9,14,20H,2,10-13H2,1H3. The molecule has 1 N–H and O–H groups in total. The summed E-state index contributed by atoms with van der Waals surface area (Å²) in [7, 11) is -3.64. The summed E-state index contributed by atoms with van der Waals surface area (Å²) in [5.74, 6) is 0.737. The number of benzene rings is 1. The first kappa shape index (κ1) is 19.0. The molecule has 0 bridgehead atoms. The zero-order valence-corrected chi connectivity index (χ0v) is 15.9. The fourth-order valence-electron chi connectivity index (χ4n) is 2.78. The third-order valence-electron chi connectivity index (χ3n) is 4.18. The molecule has 144 valence electrons. The Morgan fingerprint density at radius 2 is 1.81 bits per heavy atom. The van der Waals surface area contributed by atoms with Crippen LogP contribution in [0.5, 0.6) is 0 Å². The van der Waals surface area contributed by atoms with Gasteiger partial charge in [-0.05, 0) is 31.2 Å². The summed E-state index contributed by atoms with van der Waals surface area (Å²) in [6, 6.07) is 11.6. The van der Waals surface area contributed by atoms with Crippen molar-refractivity contribution in [2.45, 2.75) is 11.8 Å². The highest BCUT2D eigenvalue weighted by molar-refractivity contribution is 7.92. The molecule has 1 aromatic carbocycles. The summed E-state index contributed by atoms with van der Waals surface area (Å²) < 4.78 is 32.2. The van der Waals surface area contributed by atoms with E-state index in [1.165, 1.54) is 18.3 Å². The first-order chi connectivity index (χ1) is 13.0. The molecule has 1 aliphatic heterocycles. The van der Waals surface area contributed by atoms with Gasteiger partial charge in [-0.2, -0.15) is 0 Å². The number of rotatable bonds is 5. The lowest BCUT2D eigenvalue weighted by molar-refractivity contribution is 0.105. The zero-order chi connectivity index (χ0) is 19.3. The SMILES string of the molecule is CCOC(=O)N1CCN(c2ccc(NS(=O)(=O)c3ccccc3)cn2)CC1. The maximum atomic E-state index is 12.3. The third-order valence-corrected chi connectivity index (χ3v) is 5.58. The number of amides is 1. The summed E-state index contributed by atoms with van der Waals surface area (Å²) in [5, 5.41) is 0. The molecule has 2 aromatic rings. The van der Waals surface area contributed by atoms with Crippen molar-refractivity contribution in [3.63, 3.8) is 0 Å². The normalized spacial score (nSPS) is 14.7. The van der Waals surface area contributed by atoms with Crippen LogP contribution in [0.25, 0.3) is 0 Å². The van der Waals surface area contributed by atoms with Gasteiger partial charge in [-0.3, -0.25) is 4.72 Å². The Balaban J connectivity index is 1.61. The lowest BCUT2D eigenvalue weighted by Gasteiger charge is -2.34. The second kappa shape index (κ2) is 8.26. The van der Waals surface area contributed by atoms with Crippen molar-refractivity contribution in [3.05, 3.63) is 48.7 Å². The van der Waals surface area contributed by atoms with Gasteiger partial charge in [0.05, 0.1) is 23.4 Å². The first-order valence-electron chi connectivity index (χ1n) is 8.70. The van der Waals surface area contributed by atoms with Crippen LogP contribution in [0.1, 0.15) is 6.92 Å². The largest absolute Gasteiger partial charge is 0.450 e. The minimum Gasteiger partial charge on any atom is -0.450 e. The summed E-state index contributed by atoms with van der Waals surface area (Å²) in [6.45, 7) is 4.54. The quantitative estimate of drug-likeness (QED) is 0.841. The Morgan fingerprint density at radius 1 is 1.11 bits per heavy atom. The van der Waals surface area contributed by atoms with Crippen LogP contribution >= 0.6 is 0 Å². The maximum absolute atomic E-state index is 12.3. The van der Waals surface area contributed by atoms with E-state index < -0.39 is 10.0 Å². The Morgan fingerprint density at radius 3 is 2.41 bits per heavy atom. The zero-order valence-electron chi connectivity index (χ0n) is 15.0. The molecular formula is C18H22N4O4S. The second-order valence-electron chi connectivity index (χ2n) is 6.00. The molecule has 2 heterocycles. The predicted octanol–water partition coefficient (Wildman–Crippen LogP) is 2.16. The van der Waals surface area contributed by atoms with Gasteiger partial charge in [0, 0.05) is 26.2 Å². The Hall–Kier alpha value is -2.81. The molecule has 1 saturated heterocycles. The number of carbonyl (C=O) groups is 1. The van der Waals surface area contributed by atoms with Crippen molar-refractivity contribution in [1.29, 1.82) is 0 Å². The number of aromatic nitrogens is 1. The van der Waals surface area contributed by atoms with Crippen molar-refractivity contribution in [2.24, 2.45) is 0 Å². The molecular weight excluding hydrogens is 368 g/mol. The third kappa shape index (κ3) is 4.68. The van der Waals surface area contributed by atoms with E-state index in [0.717, 1.165) is 5.82 Å². The van der Waals surface area contributed by atoms with E-state index in [1.807, 2.05) is 4.90 Å². The molecule has 0 unspecified atom stereocenters. The van der Waals surface area contributed by atoms with Crippen molar-refractivity contribution >= 4 is 27.6 Å². The number of sulfonamides is 1. The van der Waals surface area contributed by atoms with E-state index in [9.17, 15) is 13.2 Å². The van der Waals surface area contributed by atoms with Gasteiger partial charge in [-0.25, -0.2) is 18.2 Å². The van der Waals surface area contributed by atoms with Gasteiger partial charge in [0.1, 0.15) is 5.82 Å². The highest BCUT2D eigenvalue weighted by atomic mass is 32.2. The van der Waals surface area contributed by atoms with E-state index in [2.05, 4.69) is 9.71 Å². The van der Waals surface area contributed by atoms with Crippen molar-refractivity contribution in [1.82, 2.24) is 9.88 Å². The van der Waals surface area contributed by atoms with Crippen LogP contribution in [0, 0.1) is 0 Å². The molecule has 0 radical (unpaired) electrons. The van der Waals surface area contributed by atoms with Crippen molar-refractivity contribution in [2.75, 3.05) is 42.4 Å². The van der Waals surface area contributed by atoms with Crippen LogP contribution in [0.3, 0.4) is 0 Å². The Bertz CT molecular complexity index is 864. The predicted molar refractivity (Wildman–Crippen MR) is 102 cm³/mol. The molecule has 1 aliphatic rings. The van der Waals surface area contributed by atoms with Crippen LogP contribution in [-0.2, 0) is 14.8 Å². The molecule has 27 heavy (non-hydrogen) atoms. The van der Waals surface area contributed by atoms with Gasteiger partial charge < -0.3 is 14.5 Å². The van der Waals surface area contributed by atoms with Crippen LogP contribution in [0.15, 0.2) is 53.6 Å². The molecule has 0 atom stereocenters. The van der Waals surface area contributed by atoms with E-state index in [1.54, 1.807) is 42.2 Å². The van der Waals surface area contributed by atoms with Crippen LogP contribution in [0.2, 0.25) is 0 Å². The highest BCUT2D eigenvalue weighted by Crippen LogP contribution is 2.19. The number of ether oxygens (including phenoxy) is 1. The molecule has 0 saturated carbocycles. The number of piperazine rings is 1. The average molecular weight is 390 g/mol. The molecule has 1 aromatic heterocycles. The van der Waals surface area contributed by atoms with Gasteiger partial charge in [-0.1, -0.05) is 18.2 Å². The molecule has 1 amide bonds. The lowest BCUT2D eigenvalue weighted by Crippen LogP contribution is -2.49. The molecule has 3 rings (SSSR count). The minimum absolute atomic E-state index is 0.198.